The van der Waals surface area contributed by atoms with Crippen molar-refractivity contribution in [3.05, 3.63) is 29.8 Å². The molecule has 0 fully saturated rings. The highest BCUT2D eigenvalue weighted by Gasteiger charge is 2.06. The molecule has 4 heteroatoms. The van der Waals surface area contributed by atoms with Gasteiger partial charge in [-0.3, -0.25) is 4.79 Å². The first-order valence-electron chi connectivity index (χ1n) is 5.16. The van der Waals surface area contributed by atoms with Gasteiger partial charge in [0.05, 0.1) is 5.69 Å². The van der Waals surface area contributed by atoms with Gasteiger partial charge in [0.1, 0.15) is 12.2 Å². The number of hydrogen-bond donors (Lipinski definition) is 1. The maximum atomic E-state index is 11.0. The number of rotatable bonds is 5. The zero-order valence-corrected chi connectivity index (χ0v) is 9.45. The summed E-state index contributed by atoms with van der Waals surface area (Å²) in [5.74, 6) is -0.791. The van der Waals surface area contributed by atoms with Gasteiger partial charge in [0.15, 0.2) is 0 Å². The van der Waals surface area contributed by atoms with E-state index in [9.17, 15) is 9.59 Å². The number of hydrogen-bond acceptors (Lipinski definition) is 4. The number of aryl methyl sites for hydroxylation is 1. The molecule has 1 rings (SSSR count). The van der Waals surface area contributed by atoms with E-state index in [-0.39, 0.29) is 12.2 Å². The van der Waals surface area contributed by atoms with Crippen LogP contribution in [0.3, 0.4) is 0 Å². The molecule has 0 aromatic heterocycles. The van der Waals surface area contributed by atoms with Gasteiger partial charge in [-0.05, 0) is 31.0 Å². The number of ketones is 1. The van der Waals surface area contributed by atoms with Crippen molar-refractivity contribution in [2.45, 2.75) is 26.7 Å². The molecule has 0 spiro atoms. The fourth-order valence-corrected chi connectivity index (χ4v) is 1.16. The van der Waals surface area contributed by atoms with Gasteiger partial charge in [0, 0.05) is 0 Å². The summed E-state index contributed by atoms with van der Waals surface area (Å²) in [6, 6.07) is 7.53. The molecule has 1 aromatic carbocycles. The molecule has 0 bridgehead atoms. The molecule has 0 saturated carbocycles. The molecule has 0 aliphatic heterocycles. The molecule has 0 aliphatic rings. The molecule has 1 N–H and O–H groups in total. The van der Waals surface area contributed by atoms with E-state index in [2.05, 4.69) is 12.4 Å². The highest BCUT2D eigenvalue weighted by Crippen LogP contribution is 2.09. The van der Waals surface area contributed by atoms with E-state index in [1.807, 2.05) is 24.3 Å². The van der Waals surface area contributed by atoms with Gasteiger partial charge in [0.2, 0.25) is 0 Å². The van der Waals surface area contributed by atoms with Crippen molar-refractivity contribution in [3.63, 3.8) is 0 Å². The van der Waals surface area contributed by atoms with Gasteiger partial charge >= 0.3 is 5.97 Å². The lowest BCUT2D eigenvalue weighted by atomic mass is 10.2. The minimum Gasteiger partial charge on any atom is -0.343 e. The van der Waals surface area contributed by atoms with Crippen LogP contribution in [-0.2, 0) is 20.8 Å². The van der Waals surface area contributed by atoms with Crippen LogP contribution in [0.25, 0.3) is 0 Å². The van der Waals surface area contributed by atoms with E-state index in [0.717, 1.165) is 6.42 Å². The first-order chi connectivity index (χ1) is 7.61. The van der Waals surface area contributed by atoms with E-state index < -0.39 is 5.97 Å². The molecule has 0 aliphatic carbocycles. The molecule has 1 aromatic rings. The van der Waals surface area contributed by atoms with E-state index >= 15 is 0 Å². The van der Waals surface area contributed by atoms with Crippen molar-refractivity contribution in [1.29, 1.82) is 0 Å². The van der Waals surface area contributed by atoms with E-state index in [1.165, 1.54) is 12.5 Å². The fraction of sp³-hybridized carbons (Fsp3) is 0.333. The summed E-state index contributed by atoms with van der Waals surface area (Å²) in [5.41, 5.74) is 4.40. The molecule has 16 heavy (non-hydrogen) atoms. The molecule has 4 nitrogen and oxygen atoms in total. The highest BCUT2D eigenvalue weighted by molar-refractivity contribution is 5.94. The summed E-state index contributed by atoms with van der Waals surface area (Å²) in [5, 5.41) is 0. The van der Waals surface area contributed by atoms with Gasteiger partial charge in [-0.1, -0.05) is 19.1 Å². The van der Waals surface area contributed by atoms with Gasteiger partial charge in [-0.2, -0.15) is 0 Å². The highest BCUT2D eigenvalue weighted by atomic mass is 16.7. The lowest BCUT2D eigenvalue weighted by molar-refractivity contribution is -0.143. The molecule has 0 unspecified atom stereocenters. The summed E-state index contributed by atoms with van der Waals surface area (Å²) < 4.78 is 0. The van der Waals surface area contributed by atoms with Crippen LogP contribution in [0.1, 0.15) is 25.8 Å². The van der Waals surface area contributed by atoms with Crippen LogP contribution in [0.4, 0.5) is 5.69 Å². The van der Waals surface area contributed by atoms with Crippen molar-refractivity contribution < 1.29 is 14.4 Å². The maximum Gasteiger partial charge on any atom is 0.339 e. The number of carbonyl (C=O) groups excluding carboxylic acids is 2. The molecule has 0 saturated heterocycles. The van der Waals surface area contributed by atoms with Crippen LogP contribution < -0.4 is 5.48 Å². The summed E-state index contributed by atoms with van der Waals surface area (Å²) >= 11 is 0. The predicted molar refractivity (Wildman–Crippen MR) is 60.8 cm³/mol. The fourth-order valence-electron chi connectivity index (χ4n) is 1.16. The number of nitrogens with one attached hydrogen (secondary N) is 1. The summed E-state index contributed by atoms with van der Waals surface area (Å²) in [4.78, 5) is 26.4. The van der Waals surface area contributed by atoms with Crippen molar-refractivity contribution in [2.24, 2.45) is 0 Å². The summed E-state index contributed by atoms with van der Waals surface area (Å²) in [7, 11) is 0. The number of benzene rings is 1. The average molecular weight is 221 g/mol. The van der Waals surface area contributed by atoms with Gasteiger partial charge in [-0.25, -0.2) is 10.3 Å². The molecule has 0 heterocycles. The smallest absolute Gasteiger partial charge is 0.339 e. The Hall–Kier alpha value is -1.84. The molecule has 86 valence electrons. The minimum atomic E-state index is -0.577. The van der Waals surface area contributed by atoms with Crippen LogP contribution in [0.15, 0.2) is 24.3 Å². The molecular weight excluding hydrogens is 206 g/mol. The van der Waals surface area contributed by atoms with Gasteiger partial charge < -0.3 is 4.84 Å². The zero-order chi connectivity index (χ0) is 12.0. The Labute approximate surface area is 94.6 Å². The SMILES string of the molecule is CCc1ccc(NOC(=O)CC(C)=O)cc1. The quantitative estimate of drug-likeness (QED) is 0.611. The van der Waals surface area contributed by atoms with E-state index in [4.69, 9.17) is 4.84 Å². The largest absolute Gasteiger partial charge is 0.343 e. The molecular formula is C12H15NO3. The standard InChI is InChI=1S/C12H15NO3/c1-3-10-4-6-11(7-5-10)13-16-12(15)8-9(2)14/h4-7,13H,3,8H2,1-2H3. The second-order valence-electron chi connectivity index (χ2n) is 3.51. The Morgan fingerprint density at radius 3 is 2.38 bits per heavy atom. The minimum absolute atomic E-state index is 0.208. The van der Waals surface area contributed by atoms with E-state index in [1.54, 1.807) is 0 Å². The van der Waals surface area contributed by atoms with Crippen LogP contribution in [0.2, 0.25) is 0 Å². The predicted octanol–water partition coefficient (Wildman–Crippen LogP) is 2.10. The molecule has 0 radical (unpaired) electrons. The van der Waals surface area contributed by atoms with Crippen molar-refractivity contribution in [1.82, 2.24) is 0 Å². The number of Topliss-reactive ketones (excluding diaryl/α,β-unsaturated/α-hetero) is 1. The maximum absolute atomic E-state index is 11.0. The summed E-state index contributed by atoms with van der Waals surface area (Å²) in [6.07, 6.45) is 0.754. The van der Waals surface area contributed by atoms with E-state index in [0.29, 0.717) is 5.69 Å². The average Bonchev–Trinajstić information content (AvgIpc) is 2.26. The van der Waals surface area contributed by atoms with Crippen molar-refractivity contribution in [2.75, 3.05) is 5.48 Å². The third-order valence-electron chi connectivity index (χ3n) is 2.04. The lowest BCUT2D eigenvalue weighted by Crippen LogP contribution is -2.13. The lowest BCUT2D eigenvalue weighted by Gasteiger charge is -2.06. The normalized spacial score (nSPS) is 9.62. The Kier molecular flexibility index (Phi) is 4.51. The molecule has 0 amide bonds. The van der Waals surface area contributed by atoms with Crippen LogP contribution in [0, 0.1) is 0 Å². The summed E-state index contributed by atoms with van der Waals surface area (Å²) in [6.45, 7) is 3.41. The monoisotopic (exact) mass is 221 g/mol. The Morgan fingerprint density at radius 2 is 1.88 bits per heavy atom. The number of carbonyl (C=O) groups is 2. The topological polar surface area (TPSA) is 55.4 Å². The zero-order valence-electron chi connectivity index (χ0n) is 9.45. The van der Waals surface area contributed by atoms with Crippen LogP contribution in [-0.4, -0.2) is 11.8 Å². The third kappa shape index (κ3) is 4.13. The van der Waals surface area contributed by atoms with Gasteiger partial charge in [0.25, 0.3) is 0 Å². The van der Waals surface area contributed by atoms with Crippen molar-refractivity contribution >= 4 is 17.4 Å². The molecule has 0 atom stereocenters. The first-order valence-corrected chi connectivity index (χ1v) is 5.16. The van der Waals surface area contributed by atoms with Crippen LogP contribution >= 0.6 is 0 Å². The Balaban J connectivity index is 2.42. The Bertz CT molecular complexity index is 370. The first kappa shape index (κ1) is 12.2. The van der Waals surface area contributed by atoms with Crippen LogP contribution in [0.5, 0.6) is 0 Å². The van der Waals surface area contributed by atoms with Crippen molar-refractivity contribution in [3.8, 4) is 0 Å². The number of anilines is 1. The second-order valence-corrected chi connectivity index (χ2v) is 3.51. The third-order valence-corrected chi connectivity index (χ3v) is 2.04. The second kappa shape index (κ2) is 5.90. The Morgan fingerprint density at radius 1 is 1.25 bits per heavy atom. The van der Waals surface area contributed by atoms with Gasteiger partial charge in [-0.15, -0.1) is 0 Å².